The molecule has 1 aromatic heterocycles. The summed E-state index contributed by atoms with van der Waals surface area (Å²) in [5.41, 5.74) is 0.823. The zero-order chi connectivity index (χ0) is 14.3. The van der Waals surface area contributed by atoms with Crippen LogP contribution in [-0.4, -0.2) is 22.5 Å². The molecule has 0 aliphatic heterocycles. The van der Waals surface area contributed by atoms with Crippen LogP contribution in [0.4, 0.5) is 0 Å². The highest BCUT2D eigenvalue weighted by Gasteiger charge is 2.46. The molecule has 0 radical (unpaired) electrons. The molecule has 1 atom stereocenters. The van der Waals surface area contributed by atoms with Crippen molar-refractivity contribution < 1.29 is 14.7 Å². The Morgan fingerprint density at radius 2 is 2.20 bits per heavy atom. The Bertz CT molecular complexity index is 559. The smallest absolute Gasteiger partial charge is 0.329 e. The second-order valence-electron chi connectivity index (χ2n) is 6.09. The number of nitrogens with one attached hydrogen (secondary N) is 1. The van der Waals surface area contributed by atoms with Crippen molar-refractivity contribution in [1.29, 1.82) is 0 Å². The van der Waals surface area contributed by atoms with Crippen molar-refractivity contribution in [1.82, 2.24) is 5.32 Å². The number of carboxylic acids is 1. The molecule has 4 nitrogen and oxygen atoms in total. The van der Waals surface area contributed by atoms with Gasteiger partial charge >= 0.3 is 5.97 Å². The van der Waals surface area contributed by atoms with E-state index in [1.807, 2.05) is 5.38 Å². The van der Waals surface area contributed by atoms with E-state index in [4.69, 9.17) is 0 Å². The van der Waals surface area contributed by atoms with E-state index in [2.05, 4.69) is 12.2 Å². The van der Waals surface area contributed by atoms with E-state index in [0.717, 1.165) is 31.2 Å². The number of carbonyl (C=O) groups is 2. The van der Waals surface area contributed by atoms with E-state index in [1.165, 1.54) is 4.88 Å². The van der Waals surface area contributed by atoms with Gasteiger partial charge in [0, 0.05) is 10.3 Å². The van der Waals surface area contributed by atoms with Crippen LogP contribution in [0, 0.1) is 5.92 Å². The molecule has 1 unspecified atom stereocenters. The van der Waals surface area contributed by atoms with Crippen molar-refractivity contribution in [2.45, 2.75) is 51.0 Å². The Hall–Kier alpha value is -1.36. The minimum absolute atomic E-state index is 0.209. The summed E-state index contributed by atoms with van der Waals surface area (Å²) in [6.45, 7) is 2.23. The van der Waals surface area contributed by atoms with Gasteiger partial charge in [-0.3, -0.25) is 4.79 Å². The average molecular weight is 293 g/mol. The molecule has 20 heavy (non-hydrogen) atoms. The molecule has 1 amide bonds. The summed E-state index contributed by atoms with van der Waals surface area (Å²) < 4.78 is 0. The molecule has 1 aromatic rings. The van der Waals surface area contributed by atoms with Crippen molar-refractivity contribution in [3.63, 3.8) is 0 Å². The van der Waals surface area contributed by atoms with Crippen molar-refractivity contribution in [3.8, 4) is 0 Å². The lowest BCUT2D eigenvalue weighted by atomic mass is 9.76. The minimum atomic E-state index is -1.02. The highest BCUT2D eigenvalue weighted by Crippen LogP contribution is 2.35. The van der Waals surface area contributed by atoms with Crippen LogP contribution in [0.2, 0.25) is 0 Å². The van der Waals surface area contributed by atoms with E-state index < -0.39 is 11.5 Å². The second-order valence-corrected chi connectivity index (χ2v) is 7.06. The van der Waals surface area contributed by atoms with Gasteiger partial charge in [0.2, 0.25) is 0 Å². The van der Waals surface area contributed by atoms with Crippen LogP contribution in [0.1, 0.15) is 53.4 Å². The number of thiophene rings is 1. The Morgan fingerprint density at radius 1 is 1.45 bits per heavy atom. The molecule has 2 N–H and O–H groups in total. The van der Waals surface area contributed by atoms with Crippen molar-refractivity contribution >= 4 is 23.2 Å². The summed E-state index contributed by atoms with van der Waals surface area (Å²) >= 11 is 1.64. The molecule has 1 saturated carbocycles. The Labute approximate surface area is 122 Å². The maximum Gasteiger partial charge on any atom is 0.329 e. The van der Waals surface area contributed by atoms with Crippen LogP contribution in [0.15, 0.2) is 5.38 Å². The van der Waals surface area contributed by atoms with Gasteiger partial charge in [0.15, 0.2) is 0 Å². The lowest BCUT2D eigenvalue weighted by Crippen LogP contribution is -2.59. The molecule has 1 heterocycles. The van der Waals surface area contributed by atoms with Crippen molar-refractivity contribution in [2.75, 3.05) is 0 Å². The number of aliphatic carboxylic acids is 1. The first-order chi connectivity index (χ1) is 9.52. The molecule has 108 valence electrons. The minimum Gasteiger partial charge on any atom is -0.480 e. The topological polar surface area (TPSA) is 66.4 Å². The molecule has 2 aliphatic rings. The average Bonchev–Trinajstić information content (AvgIpc) is 2.75. The Kier molecular flexibility index (Phi) is 3.32. The van der Waals surface area contributed by atoms with Crippen LogP contribution in [0.5, 0.6) is 0 Å². The summed E-state index contributed by atoms with van der Waals surface area (Å²) in [5.74, 6) is -0.442. The first kappa shape index (κ1) is 13.6. The largest absolute Gasteiger partial charge is 0.480 e. The van der Waals surface area contributed by atoms with Gasteiger partial charge in [-0.1, -0.05) is 6.92 Å². The highest BCUT2D eigenvalue weighted by atomic mass is 32.1. The molecular formula is C15H19NO3S. The number of amides is 1. The Balaban J connectivity index is 1.80. The monoisotopic (exact) mass is 293 g/mol. The molecule has 5 heteroatoms. The number of carboxylic acid groups (broad SMARTS) is 1. The van der Waals surface area contributed by atoms with Gasteiger partial charge in [-0.05, 0) is 50.0 Å². The van der Waals surface area contributed by atoms with Crippen LogP contribution in [-0.2, 0) is 17.6 Å². The summed E-state index contributed by atoms with van der Waals surface area (Å²) in [5, 5.41) is 13.9. The predicted molar refractivity (Wildman–Crippen MR) is 77.2 cm³/mol. The maximum atomic E-state index is 12.4. The highest BCUT2D eigenvalue weighted by molar-refractivity contribution is 7.10. The van der Waals surface area contributed by atoms with Crippen molar-refractivity contribution in [2.24, 2.45) is 5.92 Å². The second kappa shape index (κ2) is 4.88. The zero-order valence-corrected chi connectivity index (χ0v) is 12.4. The number of fused-ring (bicyclic) bond motifs is 1. The van der Waals surface area contributed by atoms with Gasteiger partial charge in [0.1, 0.15) is 5.54 Å². The molecule has 2 aliphatic carbocycles. The lowest BCUT2D eigenvalue weighted by molar-refractivity contribution is -0.148. The van der Waals surface area contributed by atoms with Crippen LogP contribution < -0.4 is 5.32 Å². The fourth-order valence-corrected chi connectivity index (χ4v) is 4.32. The number of rotatable bonds is 3. The fourth-order valence-electron chi connectivity index (χ4n) is 3.08. The molecular weight excluding hydrogens is 274 g/mol. The summed E-state index contributed by atoms with van der Waals surface area (Å²) in [6, 6.07) is 0. The molecule has 3 rings (SSSR count). The number of hydrogen-bond donors (Lipinski definition) is 2. The van der Waals surface area contributed by atoms with Gasteiger partial charge < -0.3 is 10.4 Å². The normalized spacial score (nSPS) is 23.6. The van der Waals surface area contributed by atoms with Crippen molar-refractivity contribution in [3.05, 3.63) is 21.4 Å². The third-order valence-corrected chi connectivity index (χ3v) is 5.67. The van der Waals surface area contributed by atoms with Gasteiger partial charge in [-0.15, -0.1) is 11.3 Å². The molecule has 1 fully saturated rings. The van der Waals surface area contributed by atoms with Gasteiger partial charge in [0.25, 0.3) is 5.91 Å². The molecule has 0 saturated heterocycles. The zero-order valence-electron chi connectivity index (χ0n) is 11.6. The third kappa shape index (κ3) is 2.14. The fraction of sp³-hybridized carbons (Fsp3) is 0.600. The third-order valence-electron chi connectivity index (χ3n) is 4.62. The standard InChI is InChI=1S/C15H19NO3S/c1-9-3-4-10-11(8-20-12(10)7-9)13(17)16-15(14(18)19)5-2-6-15/h8-9H,2-7H2,1H3,(H,16,17)(H,18,19). The predicted octanol–water partition coefficient (Wildman–Crippen LogP) is 2.61. The Morgan fingerprint density at radius 3 is 2.80 bits per heavy atom. The molecule has 0 spiro atoms. The van der Waals surface area contributed by atoms with E-state index >= 15 is 0 Å². The van der Waals surface area contributed by atoms with Crippen LogP contribution >= 0.6 is 11.3 Å². The van der Waals surface area contributed by atoms with E-state index in [0.29, 0.717) is 24.3 Å². The maximum absolute atomic E-state index is 12.4. The SMILES string of the molecule is CC1CCc2c(C(=O)NC3(C(=O)O)CCC3)csc2C1. The lowest BCUT2D eigenvalue weighted by Gasteiger charge is -2.38. The van der Waals surface area contributed by atoms with Gasteiger partial charge in [0.05, 0.1) is 5.56 Å². The van der Waals surface area contributed by atoms with E-state index in [-0.39, 0.29) is 5.91 Å². The first-order valence-corrected chi connectivity index (χ1v) is 8.05. The summed E-state index contributed by atoms with van der Waals surface area (Å²) in [6.07, 6.45) is 5.02. The van der Waals surface area contributed by atoms with E-state index in [1.54, 1.807) is 11.3 Å². The van der Waals surface area contributed by atoms with Crippen LogP contribution in [0.3, 0.4) is 0 Å². The summed E-state index contributed by atoms with van der Waals surface area (Å²) in [4.78, 5) is 25.0. The van der Waals surface area contributed by atoms with E-state index in [9.17, 15) is 14.7 Å². The molecule has 0 bridgehead atoms. The number of carbonyl (C=O) groups excluding carboxylic acids is 1. The number of hydrogen-bond acceptors (Lipinski definition) is 3. The van der Waals surface area contributed by atoms with Gasteiger partial charge in [-0.25, -0.2) is 4.79 Å². The van der Waals surface area contributed by atoms with Crippen LogP contribution in [0.25, 0.3) is 0 Å². The molecule has 0 aromatic carbocycles. The summed E-state index contributed by atoms with van der Waals surface area (Å²) in [7, 11) is 0. The first-order valence-electron chi connectivity index (χ1n) is 7.17. The van der Waals surface area contributed by atoms with Gasteiger partial charge in [-0.2, -0.15) is 0 Å². The quantitative estimate of drug-likeness (QED) is 0.900.